The molecule has 1 N–H and O–H groups in total. The molecule has 294 valence electrons. The average Bonchev–Trinajstić information content (AvgIpc) is 3.68. The summed E-state index contributed by atoms with van der Waals surface area (Å²) in [5, 5.41) is 12.7. The van der Waals surface area contributed by atoms with Gasteiger partial charge in [-0.05, 0) is 122 Å². The Hall–Kier alpha value is -0.970. The largest absolute Gasteiger partial charge is 0.443 e. The van der Waals surface area contributed by atoms with Crippen molar-refractivity contribution in [1.82, 2.24) is 14.7 Å². The van der Waals surface area contributed by atoms with Gasteiger partial charge in [0, 0.05) is 51.2 Å². The van der Waals surface area contributed by atoms with E-state index in [0.29, 0.717) is 34.5 Å². The normalized spacial score (nSPS) is 50.5. The van der Waals surface area contributed by atoms with Gasteiger partial charge in [0.1, 0.15) is 6.10 Å². The van der Waals surface area contributed by atoms with Gasteiger partial charge in [0.2, 0.25) is 0 Å². The van der Waals surface area contributed by atoms with Crippen LogP contribution in [0.4, 0.5) is 4.79 Å². The molecule has 4 heterocycles. The molecule has 9 rings (SSSR count). The molecule has 0 radical (unpaired) electrons. The molecule has 2 spiro atoms. The minimum absolute atomic E-state index is 0.0184. The summed E-state index contributed by atoms with van der Waals surface area (Å²) in [6.45, 7) is 24.6. The number of likely N-dealkylation sites (tertiary alicyclic amines) is 2. The van der Waals surface area contributed by atoms with E-state index in [2.05, 4.69) is 65.3 Å². The third-order valence-corrected chi connectivity index (χ3v) is 18.2. The predicted octanol–water partition coefficient (Wildman–Crippen LogP) is 6.27. The number of aliphatic hydroxyl groups excluding tert-OH is 1. The van der Waals surface area contributed by atoms with Crippen molar-refractivity contribution in [1.29, 1.82) is 0 Å². The number of hydrogen-bond acceptors (Lipinski definition) is 8. The number of aliphatic hydroxyl groups is 1. The molecule has 0 aromatic carbocycles. The van der Waals surface area contributed by atoms with Crippen molar-refractivity contribution in [2.45, 2.75) is 143 Å². The molecule has 9 aliphatic rings. The zero-order valence-electron chi connectivity index (χ0n) is 33.8. The van der Waals surface area contributed by atoms with Crippen LogP contribution in [-0.4, -0.2) is 122 Å². The van der Waals surface area contributed by atoms with Gasteiger partial charge in [-0.25, -0.2) is 4.79 Å². The van der Waals surface area contributed by atoms with E-state index in [1.54, 1.807) is 4.90 Å². The Bertz CT molecular complexity index is 1380. The number of hydrogen-bond donors (Lipinski definition) is 1. The van der Waals surface area contributed by atoms with Gasteiger partial charge in [0.15, 0.2) is 6.29 Å². The van der Waals surface area contributed by atoms with Crippen molar-refractivity contribution >= 4 is 6.09 Å². The standard InChI is InChI=1S/C43H71N3O6/c1-26(2)35(52-38(48)46-16-9-17-46)29-20-27(3)34-36(50-29)37(47)41(7)31-11-10-30-39(4,5)32(12-13-42(30)25-43(31,42)15-14-40(34,41)6)51-33-24-45(18-19-49-33)23-28-21-44(8)22-28/h26-37,47H,9-25H2,1-8H3/t27-,29?,30+,31?,32+,33+,34+,35-,36?,37+,40-,41-,42-,43+/m1/s1. The predicted molar refractivity (Wildman–Crippen MR) is 199 cm³/mol. The number of amides is 1. The molecule has 3 unspecified atom stereocenters. The first-order chi connectivity index (χ1) is 24.6. The minimum atomic E-state index is -0.512. The third kappa shape index (κ3) is 5.09. The molecule has 52 heavy (non-hydrogen) atoms. The second-order valence-electron chi connectivity index (χ2n) is 21.3. The lowest BCUT2D eigenvalue weighted by Gasteiger charge is -2.64. The van der Waals surface area contributed by atoms with Crippen LogP contribution in [-0.2, 0) is 18.9 Å². The van der Waals surface area contributed by atoms with Gasteiger partial charge < -0.3 is 33.9 Å². The van der Waals surface area contributed by atoms with Crippen molar-refractivity contribution in [3.8, 4) is 0 Å². The van der Waals surface area contributed by atoms with Gasteiger partial charge in [0.05, 0.1) is 31.0 Å². The van der Waals surface area contributed by atoms with Crippen LogP contribution in [0.15, 0.2) is 0 Å². The van der Waals surface area contributed by atoms with E-state index >= 15 is 0 Å². The Labute approximate surface area is 314 Å². The molecule has 0 aromatic heterocycles. The molecular formula is C43H71N3O6. The molecule has 9 nitrogen and oxygen atoms in total. The second-order valence-corrected chi connectivity index (χ2v) is 21.3. The first-order valence-corrected chi connectivity index (χ1v) is 21.6. The first-order valence-electron chi connectivity index (χ1n) is 21.6. The Morgan fingerprint density at radius 1 is 0.962 bits per heavy atom. The summed E-state index contributed by atoms with van der Waals surface area (Å²) in [5.41, 5.74) is 0.570. The Balaban J connectivity index is 0.912. The molecule has 4 saturated heterocycles. The monoisotopic (exact) mass is 726 g/mol. The van der Waals surface area contributed by atoms with E-state index < -0.39 is 6.10 Å². The summed E-state index contributed by atoms with van der Waals surface area (Å²) in [6, 6.07) is 0. The van der Waals surface area contributed by atoms with Crippen LogP contribution in [0.5, 0.6) is 0 Å². The van der Waals surface area contributed by atoms with Gasteiger partial charge >= 0.3 is 6.09 Å². The summed E-state index contributed by atoms with van der Waals surface area (Å²) in [4.78, 5) is 19.8. The van der Waals surface area contributed by atoms with Crippen molar-refractivity contribution in [2.24, 2.45) is 62.6 Å². The van der Waals surface area contributed by atoms with E-state index in [1.807, 2.05) is 0 Å². The molecule has 9 fully saturated rings. The van der Waals surface area contributed by atoms with Crippen LogP contribution in [0.2, 0.25) is 0 Å². The van der Waals surface area contributed by atoms with Crippen molar-refractivity contribution in [3.05, 3.63) is 0 Å². The Kier molecular flexibility index (Phi) is 8.82. The second kappa shape index (κ2) is 12.5. The molecule has 9 heteroatoms. The lowest BCUT2D eigenvalue weighted by Crippen LogP contribution is -2.60. The highest BCUT2D eigenvalue weighted by atomic mass is 16.7. The lowest BCUT2D eigenvalue weighted by atomic mass is 9.41. The van der Waals surface area contributed by atoms with Gasteiger partial charge in [-0.1, -0.05) is 48.5 Å². The summed E-state index contributed by atoms with van der Waals surface area (Å²) in [5.74, 6) is 2.79. The van der Waals surface area contributed by atoms with E-state index in [0.717, 1.165) is 64.5 Å². The van der Waals surface area contributed by atoms with E-state index in [9.17, 15) is 9.90 Å². The van der Waals surface area contributed by atoms with Crippen LogP contribution in [0.25, 0.3) is 0 Å². The molecule has 1 amide bonds. The summed E-state index contributed by atoms with van der Waals surface area (Å²) < 4.78 is 26.6. The smallest absolute Gasteiger partial charge is 0.410 e. The summed E-state index contributed by atoms with van der Waals surface area (Å²) in [7, 11) is 2.22. The number of rotatable bonds is 7. The van der Waals surface area contributed by atoms with Crippen molar-refractivity contribution in [3.63, 3.8) is 0 Å². The van der Waals surface area contributed by atoms with Crippen LogP contribution in [0, 0.1) is 62.6 Å². The van der Waals surface area contributed by atoms with Crippen molar-refractivity contribution in [2.75, 3.05) is 59.5 Å². The summed E-state index contributed by atoms with van der Waals surface area (Å²) >= 11 is 0. The van der Waals surface area contributed by atoms with Gasteiger partial charge in [-0.3, -0.25) is 4.90 Å². The molecule has 5 aliphatic carbocycles. The number of ether oxygens (including phenoxy) is 4. The molecule has 0 aromatic rings. The number of carbonyl (C=O) groups is 1. The van der Waals surface area contributed by atoms with Gasteiger partial charge in [-0.15, -0.1) is 0 Å². The van der Waals surface area contributed by atoms with E-state index in [1.165, 1.54) is 51.6 Å². The lowest BCUT2D eigenvalue weighted by molar-refractivity contribution is -0.249. The highest BCUT2D eigenvalue weighted by Gasteiger charge is 2.84. The zero-order chi connectivity index (χ0) is 36.6. The number of nitrogens with zero attached hydrogens (tertiary/aromatic N) is 3. The Morgan fingerprint density at radius 3 is 2.38 bits per heavy atom. The van der Waals surface area contributed by atoms with Crippen LogP contribution in [0.1, 0.15) is 106 Å². The maximum atomic E-state index is 13.0. The number of carbonyl (C=O) groups excluding carboxylic acids is 1. The topological polar surface area (TPSA) is 83.9 Å². The fourth-order valence-corrected chi connectivity index (χ4v) is 15.5. The zero-order valence-corrected chi connectivity index (χ0v) is 33.8. The molecule has 5 saturated carbocycles. The first kappa shape index (κ1) is 36.7. The van der Waals surface area contributed by atoms with E-state index in [-0.39, 0.29) is 59.0 Å². The average molecular weight is 726 g/mol. The number of morpholine rings is 1. The van der Waals surface area contributed by atoms with Crippen molar-refractivity contribution < 1.29 is 28.8 Å². The third-order valence-electron chi connectivity index (χ3n) is 18.2. The Morgan fingerprint density at radius 2 is 1.69 bits per heavy atom. The SMILES string of the molecule is CC(C)[C@@H](OC(=O)N1CCC1)C1C[C@@H](C)[C@H]2C(O1)[C@H](O)[C@@]1(C)C3CC[C@H]4C(C)(C)[C@@H](O[C@H]5CN(CC6CN(C)C6)CCO5)CC[C@@]45C[C@@]35CC[C@]21C. The van der Waals surface area contributed by atoms with Crippen LogP contribution >= 0.6 is 0 Å². The maximum Gasteiger partial charge on any atom is 0.410 e. The molecule has 4 aliphatic heterocycles. The van der Waals surface area contributed by atoms with Gasteiger partial charge in [0.25, 0.3) is 0 Å². The fraction of sp³-hybridized carbons (Fsp3) is 0.977. The highest BCUT2D eigenvalue weighted by molar-refractivity contribution is 5.68. The fourth-order valence-electron chi connectivity index (χ4n) is 15.5. The van der Waals surface area contributed by atoms with Gasteiger partial charge in [-0.2, -0.15) is 0 Å². The molecule has 0 bridgehead atoms. The van der Waals surface area contributed by atoms with Crippen LogP contribution in [0.3, 0.4) is 0 Å². The van der Waals surface area contributed by atoms with Crippen LogP contribution < -0.4 is 0 Å². The summed E-state index contributed by atoms with van der Waals surface area (Å²) in [6.07, 6.45) is 9.17. The number of fused-ring (bicyclic) bond motifs is 4. The highest BCUT2D eigenvalue weighted by Crippen LogP contribution is 2.89. The van der Waals surface area contributed by atoms with E-state index in [4.69, 9.17) is 18.9 Å². The molecule has 14 atom stereocenters. The minimum Gasteiger partial charge on any atom is -0.443 e. The quantitative estimate of drug-likeness (QED) is 0.329. The maximum absolute atomic E-state index is 13.0. The molecular weight excluding hydrogens is 654 g/mol.